The molecule has 0 aliphatic rings. The topological polar surface area (TPSA) is 58.4 Å². The Morgan fingerprint density at radius 3 is 2.86 bits per heavy atom. The van der Waals surface area contributed by atoms with Crippen LogP contribution in [0.15, 0.2) is 12.3 Å². The molecule has 0 radical (unpaired) electrons. The first-order valence-electron chi connectivity index (χ1n) is 4.44. The second kappa shape index (κ2) is 4.23. The van der Waals surface area contributed by atoms with Gasteiger partial charge in [0.1, 0.15) is 5.69 Å². The maximum Gasteiger partial charge on any atom is 0.272 e. The zero-order valence-corrected chi connectivity index (χ0v) is 8.64. The summed E-state index contributed by atoms with van der Waals surface area (Å²) in [4.78, 5) is 13.3. The summed E-state index contributed by atoms with van der Waals surface area (Å²) in [6.45, 7) is 1.74. The molecule has 0 fully saturated rings. The molecule has 1 atom stereocenters. The van der Waals surface area contributed by atoms with Crippen LogP contribution in [0.4, 0.5) is 0 Å². The van der Waals surface area contributed by atoms with E-state index in [4.69, 9.17) is 5.11 Å². The highest BCUT2D eigenvalue weighted by molar-refractivity contribution is 5.92. The lowest BCUT2D eigenvalue weighted by molar-refractivity contribution is 0.0671. The Bertz CT molecular complexity index is 322. The molecule has 1 amide bonds. The number of carbonyl (C=O) groups is 1. The lowest BCUT2D eigenvalue weighted by Crippen LogP contribution is -2.38. The molecule has 0 saturated heterocycles. The van der Waals surface area contributed by atoms with Crippen LogP contribution in [0.1, 0.15) is 17.4 Å². The molecule has 1 rings (SSSR count). The molecule has 0 aromatic carbocycles. The highest BCUT2D eigenvalue weighted by atomic mass is 16.3. The smallest absolute Gasteiger partial charge is 0.272 e. The quantitative estimate of drug-likeness (QED) is 0.734. The standard InChI is InChI=1S/C9H15N3O2/c1-7(6-13)11(2)9(14)8-4-5-10-12(8)3/h4-5,7,13H,6H2,1-3H3. The minimum absolute atomic E-state index is 0.0416. The van der Waals surface area contributed by atoms with Crippen molar-refractivity contribution in [2.75, 3.05) is 13.7 Å². The van der Waals surface area contributed by atoms with Crippen molar-refractivity contribution < 1.29 is 9.90 Å². The van der Waals surface area contributed by atoms with Gasteiger partial charge in [0.25, 0.3) is 5.91 Å². The number of amides is 1. The highest BCUT2D eigenvalue weighted by Crippen LogP contribution is 2.04. The van der Waals surface area contributed by atoms with E-state index in [-0.39, 0.29) is 18.6 Å². The third kappa shape index (κ3) is 1.93. The molecule has 1 aromatic rings. The van der Waals surface area contributed by atoms with Crippen molar-refractivity contribution in [2.45, 2.75) is 13.0 Å². The van der Waals surface area contributed by atoms with Crippen LogP contribution < -0.4 is 0 Å². The van der Waals surface area contributed by atoms with Crippen molar-refractivity contribution in [1.29, 1.82) is 0 Å². The predicted octanol–water partition coefficient (Wildman–Crippen LogP) is -0.127. The molecule has 0 spiro atoms. The van der Waals surface area contributed by atoms with Crippen LogP contribution in [-0.4, -0.2) is 45.4 Å². The molecule has 1 heterocycles. The van der Waals surface area contributed by atoms with E-state index in [2.05, 4.69) is 5.10 Å². The van der Waals surface area contributed by atoms with E-state index in [0.29, 0.717) is 5.69 Å². The molecule has 1 N–H and O–H groups in total. The third-order valence-electron chi connectivity index (χ3n) is 2.29. The molecule has 14 heavy (non-hydrogen) atoms. The first-order valence-corrected chi connectivity index (χ1v) is 4.44. The van der Waals surface area contributed by atoms with Crippen molar-refractivity contribution in [3.63, 3.8) is 0 Å². The number of aryl methyl sites for hydroxylation is 1. The van der Waals surface area contributed by atoms with Gasteiger partial charge >= 0.3 is 0 Å². The van der Waals surface area contributed by atoms with Crippen molar-refractivity contribution in [3.8, 4) is 0 Å². The zero-order valence-electron chi connectivity index (χ0n) is 8.64. The fourth-order valence-electron chi connectivity index (χ4n) is 1.09. The summed E-state index contributed by atoms with van der Waals surface area (Å²) in [7, 11) is 3.38. The minimum Gasteiger partial charge on any atom is -0.394 e. The Morgan fingerprint density at radius 2 is 2.43 bits per heavy atom. The second-order valence-corrected chi connectivity index (χ2v) is 3.29. The number of aromatic nitrogens is 2. The highest BCUT2D eigenvalue weighted by Gasteiger charge is 2.18. The van der Waals surface area contributed by atoms with E-state index >= 15 is 0 Å². The van der Waals surface area contributed by atoms with Gasteiger partial charge in [-0.25, -0.2) is 0 Å². The average Bonchev–Trinajstić information content (AvgIpc) is 2.61. The van der Waals surface area contributed by atoms with E-state index in [1.54, 1.807) is 33.3 Å². The van der Waals surface area contributed by atoms with Crippen LogP contribution in [0.25, 0.3) is 0 Å². The third-order valence-corrected chi connectivity index (χ3v) is 2.29. The Morgan fingerprint density at radius 1 is 1.79 bits per heavy atom. The van der Waals surface area contributed by atoms with Gasteiger partial charge in [0.05, 0.1) is 12.6 Å². The Kier molecular flexibility index (Phi) is 3.24. The van der Waals surface area contributed by atoms with Gasteiger partial charge in [-0.05, 0) is 13.0 Å². The van der Waals surface area contributed by atoms with Gasteiger partial charge in [0, 0.05) is 20.3 Å². The molecule has 0 aliphatic heterocycles. The fourth-order valence-corrected chi connectivity index (χ4v) is 1.09. The van der Waals surface area contributed by atoms with Gasteiger partial charge < -0.3 is 10.0 Å². The number of hydrogen-bond acceptors (Lipinski definition) is 3. The average molecular weight is 197 g/mol. The molecule has 1 aromatic heterocycles. The second-order valence-electron chi connectivity index (χ2n) is 3.29. The molecular weight excluding hydrogens is 182 g/mol. The fraction of sp³-hybridized carbons (Fsp3) is 0.556. The monoisotopic (exact) mass is 197 g/mol. The summed E-state index contributed by atoms with van der Waals surface area (Å²) in [6, 6.07) is 1.47. The number of likely N-dealkylation sites (N-methyl/N-ethyl adjacent to an activating group) is 1. The maximum absolute atomic E-state index is 11.8. The van der Waals surface area contributed by atoms with Crippen LogP contribution in [0, 0.1) is 0 Å². The molecular formula is C9H15N3O2. The Labute approximate surface area is 82.9 Å². The zero-order chi connectivity index (χ0) is 10.7. The lowest BCUT2D eigenvalue weighted by atomic mass is 10.3. The van der Waals surface area contributed by atoms with E-state index in [1.807, 2.05) is 0 Å². The van der Waals surface area contributed by atoms with E-state index in [0.717, 1.165) is 0 Å². The summed E-state index contributed by atoms with van der Waals surface area (Å²) < 4.78 is 1.52. The van der Waals surface area contributed by atoms with Crippen molar-refractivity contribution >= 4 is 5.91 Å². The SMILES string of the molecule is CC(CO)N(C)C(=O)c1ccnn1C. The molecule has 5 nitrogen and oxygen atoms in total. The van der Waals surface area contributed by atoms with Crippen LogP contribution in [0.5, 0.6) is 0 Å². The predicted molar refractivity (Wildman–Crippen MR) is 51.8 cm³/mol. The van der Waals surface area contributed by atoms with Crippen LogP contribution >= 0.6 is 0 Å². The first kappa shape index (κ1) is 10.7. The van der Waals surface area contributed by atoms with Gasteiger partial charge in [0.2, 0.25) is 0 Å². The van der Waals surface area contributed by atoms with Gasteiger partial charge in [-0.2, -0.15) is 5.10 Å². The largest absolute Gasteiger partial charge is 0.394 e. The minimum atomic E-state index is -0.183. The number of aliphatic hydroxyl groups is 1. The number of hydrogen-bond donors (Lipinski definition) is 1. The van der Waals surface area contributed by atoms with Crippen molar-refractivity contribution in [1.82, 2.24) is 14.7 Å². The van der Waals surface area contributed by atoms with Gasteiger partial charge in [-0.15, -0.1) is 0 Å². The number of rotatable bonds is 3. The number of carbonyl (C=O) groups excluding carboxylic acids is 1. The number of aliphatic hydroxyl groups excluding tert-OH is 1. The molecule has 5 heteroatoms. The summed E-state index contributed by atoms with van der Waals surface area (Å²) in [6.07, 6.45) is 1.57. The molecule has 0 saturated carbocycles. The van der Waals surface area contributed by atoms with Crippen LogP contribution in [-0.2, 0) is 7.05 Å². The van der Waals surface area contributed by atoms with Crippen molar-refractivity contribution in [3.05, 3.63) is 18.0 Å². The molecule has 1 unspecified atom stereocenters. The van der Waals surface area contributed by atoms with Gasteiger partial charge in [-0.3, -0.25) is 9.48 Å². The number of nitrogens with zero attached hydrogens (tertiary/aromatic N) is 3. The summed E-state index contributed by atoms with van der Waals surface area (Å²) in [5.74, 6) is -0.133. The molecule has 78 valence electrons. The van der Waals surface area contributed by atoms with Gasteiger partial charge in [0.15, 0.2) is 0 Å². The normalized spacial score (nSPS) is 12.6. The molecule has 0 aliphatic carbocycles. The van der Waals surface area contributed by atoms with Crippen LogP contribution in [0.2, 0.25) is 0 Å². The summed E-state index contributed by atoms with van der Waals surface area (Å²) in [5.41, 5.74) is 0.521. The van der Waals surface area contributed by atoms with Gasteiger partial charge in [-0.1, -0.05) is 0 Å². The maximum atomic E-state index is 11.8. The first-order chi connectivity index (χ1) is 6.57. The summed E-state index contributed by atoms with van der Waals surface area (Å²) in [5, 5.41) is 12.8. The van der Waals surface area contributed by atoms with Crippen molar-refractivity contribution in [2.24, 2.45) is 7.05 Å². The summed E-state index contributed by atoms with van der Waals surface area (Å²) >= 11 is 0. The molecule has 0 bridgehead atoms. The Balaban J connectivity index is 2.81. The van der Waals surface area contributed by atoms with E-state index < -0.39 is 0 Å². The van der Waals surface area contributed by atoms with E-state index in [1.165, 1.54) is 9.58 Å². The lowest BCUT2D eigenvalue weighted by Gasteiger charge is -2.22. The van der Waals surface area contributed by atoms with Crippen LogP contribution in [0.3, 0.4) is 0 Å². The van der Waals surface area contributed by atoms with E-state index in [9.17, 15) is 4.79 Å². The Hall–Kier alpha value is -1.36.